The number of urea groups is 1. The predicted octanol–water partition coefficient (Wildman–Crippen LogP) is 3.06. The normalized spacial score (nSPS) is 19.1. The maximum atomic E-state index is 12.7. The number of nitrogens with one attached hydrogen (secondary N) is 1. The van der Waals surface area contributed by atoms with Gasteiger partial charge in [0.05, 0.1) is 0 Å². The maximum absolute atomic E-state index is 12.7. The predicted molar refractivity (Wildman–Crippen MR) is 113 cm³/mol. The SMILES string of the molecule is O=C(NCc1ccnc(-n2cccn2)c1)N1CCCN(CC2CCCCC2)CC1. The van der Waals surface area contributed by atoms with Crippen LogP contribution in [0.5, 0.6) is 0 Å². The van der Waals surface area contributed by atoms with Crippen molar-refractivity contribution in [2.75, 3.05) is 32.7 Å². The van der Waals surface area contributed by atoms with Gasteiger partial charge in [0.1, 0.15) is 0 Å². The molecule has 0 bridgehead atoms. The molecule has 7 nitrogen and oxygen atoms in total. The first-order valence-electron chi connectivity index (χ1n) is 11.0. The van der Waals surface area contributed by atoms with Gasteiger partial charge >= 0.3 is 6.03 Å². The van der Waals surface area contributed by atoms with Gasteiger partial charge in [0.15, 0.2) is 5.82 Å². The zero-order valence-corrected chi connectivity index (χ0v) is 17.2. The topological polar surface area (TPSA) is 66.3 Å². The van der Waals surface area contributed by atoms with E-state index in [1.165, 1.54) is 38.6 Å². The molecule has 1 saturated heterocycles. The van der Waals surface area contributed by atoms with Crippen molar-refractivity contribution in [3.63, 3.8) is 0 Å². The molecular weight excluding hydrogens is 364 g/mol. The summed E-state index contributed by atoms with van der Waals surface area (Å²) in [5.41, 5.74) is 1.02. The summed E-state index contributed by atoms with van der Waals surface area (Å²) >= 11 is 0. The lowest BCUT2D eigenvalue weighted by Crippen LogP contribution is -2.42. The van der Waals surface area contributed by atoms with Crippen LogP contribution in [0.1, 0.15) is 44.1 Å². The van der Waals surface area contributed by atoms with Crippen LogP contribution in [0.25, 0.3) is 5.82 Å². The van der Waals surface area contributed by atoms with Gasteiger partial charge < -0.3 is 15.1 Å². The molecule has 2 aromatic heterocycles. The second-order valence-corrected chi connectivity index (χ2v) is 8.28. The highest BCUT2D eigenvalue weighted by atomic mass is 16.2. The third-order valence-electron chi connectivity index (χ3n) is 6.11. The lowest BCUT2D eigenvalue weighted by atomic mass is 9.89. The Bertz CT molecular complexity index is 771. The van der Waals surface area contributed by atoms with Crippen LogP contribution in [0.4, 0.5) is 4.79 Å². The standard InChI is InChI=1S/C22H32N6O/c29-22(24-17-20-8-10-23-21(16-20)28-13-4-9-25-28)27-12-5-11-26(14-15-27)18-19-6-2-1-3-7-19/h4,8-10,13,16,19H,1-3,5-7,11-12,14-15,17-18H2,(H,24,29). The first-order valence-corrected chi connectivity index (χ1v) is 11.0. The van der Waals surface area contributed by atoms with Crippen LogP contribution < -0.4 is 5.32 Å². The van der Waals surface area contributed by atoms with E-state index in [4.69, 9.17) is 0 Å². The van der Waals surface area contributed by atoms with Crippen molar-refractivity contribution in [2.45, 2.75) is 45.1 Å². The molecule has 3 heterocycles. The van der Waals surface area contributed by atoms with Gasteiger partial charge in [-0.1, -0.05) is 19.3 Å². The fourth-order valence-corrected chi connectivity index (χ4v) is 4.48. The van der Waals surface area contributed by atoms with Gasteiger partial charge in [0, 0.05) is 51.3 Å². The van der Waals surface area contributed by atoms with Crippen LogP contribution >= 0.6 is 0 Å². The van der Waals surface area contributed by atoms with Gasteiger partial charge in [0.2, 0.25) is 0 Å². The van der Waals surface area contributed by atoms with E-state index in [0.29, 0.717) is 6.54 Å². The van der Waals surface area contributed by atoms with Crippen LogP contribution in [-0.4, -0.2) is 63.3 Å². The van der Waals surface area contributed by atoms with Crippen molar-refractivity contribution < 1.29 is 4.79 Å². The Kier molecular flexibility index (Phi) is 6.77. The summed E-state index contributed by atoms with van der Waals surface area (Å²) in [6.45, 7) is 5.45. The number of aromatic nitrogens is 3. The summed E-state index contributed by atoms with van der Waals surface area (Å²) in [5, 5.41) is 7.29. The van der Waals surface area contributed by atoms with E-state index >= 15 is 0 Å². The molecule has 4 rings (SSSR count). The maximum Gasteiger partial charge on any atom is 0.317 e. The monoisotopic (exact) mass is 396 g/mol. The molecule has 0 atom stereocenters. The molecule has 2 aromatic rings. The lowest BCUT2D eigenvalue weighted by molar-refractivity contribution is 0.189. The van der Waals surface area contributed by atoms with Crippen molar-refractivity contribution in [1.29, 1.82) is 0 Å². The molecule has 7 heteroatoms. The number of carbonyl (C=O) groups excluding carboxylic acids is 1. The van der Waals surface area contributed by atoms with Crippen LogP contribution in [0.3, 0.4) is 0 Å². The van der Waals surface area contributed by atoms with Gasteiger partial charge in [-0.25, -0.2) is 14.5 Å². The zero-order chi connectivity index (χ0) is 19.9. The first kappa shape index (κ1) is 19.9. The van der Waals surface area contributed by atoms with Gasteiger partial charge in [-0.2, -0.15) is 5.10 Å². The second kappa shape index (κ2) is 9.87. The molecule has 0 aromatic carbocycles. The van der Waals surface area contributed by atoms with Crippen LogP contribution in [0.15, 0.2) is 36.8 Å². The van der Waals surface area contributed by atoms with E-state index in [1.807, 2.05) is 29.3 Å². The molecule has 0 radical (unpaired) electrons. The number of hydrogen-bond donors (Lipinski definition) is 1. The summed E-state index contributed by atoms with van der Waals surface area (Å²) in [4.78, 5) is 21.6. The van der Waals surface area contributed by atoms with E-state index < -0.39 is 0 Å². The number of nitrogens with zero attached hydrogens (tertiary/aromatic N) is 5. The molecule has 156 valence electrons. The molecule has 2 amide bonds. The van der Waals surface area contributed by atoms with Crippen LogP contribution in [0.2, 0.25) is 0 Å². The van der Waals surface area contributed by atoms with Crippen molar-refractivity contribution in [3.05, 3.63) is 42.4 Å². The average Bonchev–Trinajstić information content (AvgIpc) is 3.20. The fourth-order valence-electron chi connectivity index (χ4n) is 4.48. The Morgan fingerprint density at radius 1 is 1.07 bits per heavy atom. The zero-order valence-electron chi connectivity index (χ0n) is 17.2. The molecule has 1 saturated carbocycles. The Labute approximate surface area is 173 Å². The Hall–Kier alpha value is -2.41. The van der Waals surface area contributed by atoms with Crippen molar-refractivity contribution >= 4 is 6.03 Å². The van der Waals surface area contributed by atoms with Crippen LogP contribution in [-0.2, 0) is 6.54 Å². The second-order valence-electron chi connectivity index (χ2n) is 8.28. The number of hydrogen-bond acceptors (Lipinski definition) is 4. The van der Waals surface area contributed by atoms with Gasteiger partial charge in [0.25, 0.3) is 0 Å². The Morgan fingerprint density at radius 3 is 2.79 bits per heavy atom. The molecule has 29 heavy (non-hydrogen) atoms. The van der Waals surface area contributed by atoms with Gasteiger partial charge in [-0.3, -0.25) is 0 Å². The number of amides is 2. The molecule has 2 aliphatic rings. The Morgan fingerprint density at radius 2 is 1.97 bits per heavy atom. The number of rotatable bonds is 5. The summed E-state index contributed by atoms with van der Waals surface area (Å²) < 4.78 is 1.72. The van der Waals surface area contributed by atoms with Crippen molar-refractivity contribution in [2.24, 2.45) is 5.92 Å². The molecule has 1 aliphatic heterocycles. The van der Waals surface area contributed by atoms with Crippen molar-refractivity contribution in [1.82, 2.24) is 29.9 Å². The highest BCUT2D eigenvalue weighted by molar-refractivity contribution is 5.74. The van der Waals surface area contributed by atoms with E-state index in [2.05, 4.69) is 20.3 Å². The number of carbonyl (C=O) groups is 1. The molecule has 2 fully saturated rings. The molecule has 0 unspecified atom stereocenters. The minimum Gasteiger partial charge on any atom is -0.334 e. The van der Waals surface area contributed by atoms with E-state index in [-0.39, 0.29) is 6.03 Å². The van der Waals surface area contributed by atoms with Gasteiger partial charge in [-0.05, 0) is 55.5 Å². The third-order valence-corrected chi connectivity index (χ3v) is 6.11. The van der Waals surface area contributed by atoms with E-state index in [9.17, 15) is 4.79 Å². The van der Waals surface area contributed by atoms with E-state index in [0.717, 1.165) is 49.9 Å². The number of pyridine rings is 1. The summed E-state index contributed by atoms with van der Waals surface area (Å²) in [7, 11) is 0. The minimum absolute atomic E-state index is 0.0296. The molecule has 1 N–H and O–H groups in total. The summed E-state index contributed by atoms with van der Waals surface area (Å²) in [5.74, 6) is 1.62. The quantitative estimate of drug-likeness (QED) is 0.844. The highest BCUT2D eigenvalue weighted by Gasteiger charge is 2.22. The van der Waals surface area contributed by atoms with E-state index in [1.54, 1.807) is 17.1 Å². The molecule has 1 aliphatic carbocycles. The van der Waals surface area contributed by atoms with Crippen LogP contribution in [0, 0.1) is 5.92 Å². The smallest absolute Gasteiger partial charge is 0.317 e. The van der Waals surface area contributed by atoms with Crippen molar-refractivity contribution in [3.8, 4) is 5.82 Å². The summed E-state index contributed by atoms with van der Waals surface area (Å²) in [6.07, 6.45) is 13.4. The minimum atomic E-state index is 0.0296. The first-order chi connectivity index (χ1) is 14.3. The highest BCUT2D eigenvalue weighted by Crippen LogP contribution is 2.24. The molecule has 0 spiro atoms. The lowest BCUT2D eigenvalue weighted by Gasteiger charge is -2.28. The van der Waals surface area contributed by atoms with Gasteiger partial charge in [-0.15, -0.1) is 0 Å². The molecular formula is C22H32N6O. The third kappa shape index (κ3) is 5.56. The fraction of sp³-hybridized carbons (Fsp3) is 0.591. The average molecular weight is 397 g/mol. The Balaban J connectivity index is 1.25. The largest absolute Gasteiger partial charge is 0.334 e. The summed E-state index contributed by atoms with van der Waals surface area (Å²) in [6, 6.07) is 5.79.